The minimum absolute atomic E-state index is 0.838. The number of fused-ring (bicyclic) bond motifs is 1. The minimum atomic E-state index is 0.838. The zero-order valence-electron chi connectivity index (χ0n) is 10.1. The maximum absolute atomic E-state index is 4.66. The number of thioether (sulfide) groups is 1. The van der Waals surface area contributed by atoms with E-state index in [0.717, 1.165) is 31.1 Å². The van der Waals surface area contributed by atoms with E-state index in [-0.39, 0.29) is 0 Å². The average Bonchev–Trinajstić information content (AvgIpc) is 2.46. The standard InChI is InChI=1S/C14H15N3S/c1-2-4-12(5-3-1)18-10-14-16-9-11-8-15-7-6-13(11)17-14/h1-5,9,15H,6-8,10H2. The number of hydrogen-bond donors (Lipinski definition) is 1. The van der Waals surface area contributed by atoms with Crippen LogP contribution >= 0.6 is 11.8 Å². The monoisotopic (exact) mass is 257 g/mol. The highest BCUT2D eigenvalue weighted by molar-refractivity contribution is 7.98. The van der Waals surface area contributed by atoms with Crippen molar-refractivity contribution in [3.63, 3.8) is 0 Å². The molecule has 92 valence electrons. The fourth-order valence-corrected chi connectivity index (χ4v) is 2.80. The number of nitrogens with one attached hydrogen (secondary N) is 1. The molecule has 0 amide bonds. The molecule has 0 radical (unpaired) electrons. The Morgan fingerprint density at radius 1 is 1.22 bits per heavy atom. The van der Waals surface area contributed by atoms with Gasteiger partial charge in [0.05, 0.1) is 5.75 Å². The number of hydrogen-bond acceptors (Lipinski definition) is 4. The van der Waals surface area contributed by atoms with Gasteiger partial charge < -0.3 is 5.32 Å². The SMILES string of the molecule is c1ccc(SCc2ncc3c(n2)CCNC3)cc1. The van der Waals surface area contributed by atoms with E-state index in [4.69, 9.17) is 0 Å². The van der Waals surface area contributed by atoms with Gasteiger partial charge in [-0.1, -0.05) is 18.2 Å². The quantitative estimate of drug-likeness (QED) is 0.857. The van der Waals surface area contributed by atoms with E-state index in [9.17, 15) is 0 Å². The minimum Gasteiger partial charge on any atom is -0.312 e. The summed E-state index contributed by atoms with van der Waals surface area (Å²) in [7, 11) is 0. The molecule has 0 saturated heterocycles. The molecule has 0 aliphatic carbocycles. The molecule has 0 atom stereocenters. The van der Waals surface area contributed by atoms with Crippen LogP contribution in [0.1, 0.15) is 17.1 Å². The van der Waals surface area contributed by atoms with Crippen molar-refractivity contribution in [1.29, 1.82) is 0 Å². The summed E-state index contributed by atoms with van der Waals surface area (Å²) in [6, 6.07) is 10.4. The maximum Gasteiger partial charge on any atom is 0.138 e. The highest BCUT2D eigenvalue weighted by atomic mass is 32.2. The normalized spacial score (nSPS) is 14.2. The highest BCUT2D eigenvalue weighted by Gasteiger charge is 2.11. The van der Waals surface area contributed by atoms with Crippen LogP contribution in [0.15, 0.2) is 41.4 Å². The topological polar surface area (TPSA) is 37.8 Å². The second-order valence-corrected chi connectivity index (χ2v) is 5.34. The third-order valence-electron chi connectivity index (χ3n) is 2.97. The number of aromatic nitrogens is 2. The van der Waals surface area contributed by atoms with Crippen LogP contribution in [0.5, 0.6) is 0 Å². The van der Waals surface area contributed by atoms with Gasteiger partial charge in [0, 0.05) is 41.9 Å². The van der Waals surface area contributed by atoms with Gasteiger partial charge in [0.1, 0.15) is 5.82 Å². The molecule has 1 N–H and O–H groups in total. The molecule has 0 bridgehead atoms. The van der Waals surface area contributed by atoms with Crippen LogP contribution in [0.3, 0.4) is 0 Å². The molecule has 3 nitrogen and oxygen atoms in total. The molecule has 1 aromatic heterocycles. The highest BCUT2D eigenvalue weighted by Crippen LogP contribution is 2.21. The van der Waals surface area contributed by atoms with Crippen LogP contribution in [0.4, 0.5) is 0 Å². The summed E-state index contributed by atoms with van der Waals surface area (Å²) in [5, 5.41) is 3.33. The fraction of sp³-hybridized carbons (Fsp3) is 0.286. The van der Waals surface area contributed by atoms with Gasteiger partial charge in [0.25, 0.3) is 0 Å². The first-order chi connectivity index (χ1) is 8.92. The summed E-state index contributed by atoms with van der Waals surface area (Å²) in [5.74, 6) is 1.77. The Labute approximate surface area is 111 Å². The van der Waals surface area contributed by atoms with Gasteiger partial charge in [-0.15, -0.1) is 11.8 Å². The van der Waals surface area contributed by atoms with Crippen LogP contribution in [-0.4, -0.2) is 16.5 Å². The second-order valence-electron chi connectivity index (χ2n) is 4.29. The summed E-state index contributed by atoms with van der Waals surface area (Å²) in [4.78, 5) is 10.4. The van der Waals surface area contributed by atoms with E-state index < -0.39 is 0 Å². The summed E-state index contributed by atoms with van der Waals surface area (Å²) in [6.45, 7) is 1.93. The van der Waals surface area contributed by atoms with Crippen molar-refractivity contribution in [2.75, 3.05) is 6.54 Å². The van der Waals surface area contributed by atoms with Crippen LogP contribution in [-0.2, 0) is 18.7 Å². The smallest absolute Gasteiger partial charge is 0.138 e. The Hall–Kier alpha value is -1.39. The van der Waals surface area contributed by atoms with Crippen LogP contribution in [0.2, 0.25) is 0 Å². The van der Waals surface area contributed by atoms with Crippen LogP contribution < -0.4 is 5.32 Å². The average molecular weight is 257 g/mol. The summed E-state index contributed by atoms with van der Waals surface area (Å²) >= 11 is 1.78. The first-order valence-corrected chi connectivity index (χ1v) is 7.12. The van der Waals surface area contributed by atoms with Gasteiger partial charge in [0.2, 0.25) is 0 Å². The van der Waals surface area contributed by atoms with E-state index in [1.807, 2.05) is 12.3 Å². The molecule has 3 rings (SSSR count). The first-order valence-electron chi connectivity index (χ1n) is 6.14. The Balaban J connectivity index is 1.70. The predicted molar refractivity (Wildman–Crippen MR) is 73.4 cm³/mol. The summed E-state index contributed by atoms with van der Waals surface area (Å²) in [6.07, 6.45) is 2.98. The summed E-state index contributed by atoms with van der Waals surface area (Å²) < 4.78 is 0. The molecule has 1 aliphatic rings. The summed E-state index contributed by atoms with van der Waals surface area (Å²) in [5.41, 5.74) is 2.46. The van der Waals surface area contributed by atoms with Crippen molar-refractivity contribution < 1.29 is 0 Å². The van der Waals surface area contributed by atoms with Gasteiger partial charge in [-0.05, 0) is 12.1 Å². The van der Waals surface area contributed by atoms with Gasteiger partial charge in [-0.25, -0.2) is 9.97 Å². The third kappa shape index (κ3) is 2.71. The zero-order chi connectivity index (χ0) is 12.2. The molecule has 1 aliphatic heterocycles. The lowest BCUT2D eigenvalue weighted by Gasteiger charge is -2.15. The van der Waals surface area contributed by atoms with E-state index >= 15 is 0 Å². The van der Waals surface area contributed by atoms with Crippen molar-refractivity contribution in [3.05, 3.63) is 53.6 Å². The molecule has 2 aromatic rings. The van der Waals surface area contributed by atoms with E-state index in [0.29, 0.717) is 0 Å². The number of nitrogens with zero attached hydrogens (tertiary/aromatic N) is 2. The van der Waals surface area contributed by atoms with E-state index in [1.54, 1.807) is 11.8 Å². The third-order valence-corrected chi connectivity index (χ3v) is 3.98. The molecule has 18 heavy (non-hydrogen) atoms. The molecular weight excluding hydrogens is 242 g/mol. The van der Waals surface area contributed by atoms with Crippen molar-refractivity contribution in [2.45, 2.75) is 23.6 Å². The van der Waals surface area contributed by atoms with E-state index in [1.165, 1.54) is 16.2 Å². The van der Waals surface area contributed by atoms with Crippen molar-refractivity contribution >= 4 is 11.8 Å². The Morgan fingerprint density at radius 3 is 3.00 bits per heavy atom. The molecular formula is C14H15N3S. The molecule has 0 saturated carbocycles. The second kappa shape index (κ2) is 5.50. The fourth-order valence-electron chi connectivity index (χ4n) is 2.01. The largest absolute Gasteiger partial charge is 0.312 e. The molecule has 0 fully saturated rings. The van der Waals surface area contributed by atoms with Gasteiger partial charge in [-0.3, -0.25) is 0 Å². The van der Waals surface area contributed by atoms with Gasteiger partial charge >= 0.3 is 0 Å². The molecule has 2 heterocycles. The first kappa shape index (κ1) is 11.7. The molecule has 0 unspecified atom stereocenters. The lowest BCUT2D eigenvalue weighted by atomic mass is 10.1. The Bertz CT molecular complexity index is 528. The van der Waals surface area contributed by atoms with E-state index in [2.05, 4.69) is 39.6 Å². The molecule has 0 spiro atoms. The molecule has 4 heteroatoms. The van der Waals surface area contributed by atoms with Gasteiger partial charge in [-0.2, -0.15) is 0 Å². The van der Waals surface area contributed by atoms with Crippen LogP contribution in [0.25, 0.3) is 0 Å². The Kier molecular flexibility index (Phi) is 3.57. The number of benzene rings is 1. The molecule has 1 aromatic carbocycles. The van der Waals surface area contributed by atoms with Crippen molar-refractivity contribution in [2.24, 2.45) is 0 Å². The van der Waals surface area contributed by atoms with Crippen LogP contribution in [0, 0.1) is 0 Å². The van der Waals surface area contributed by atoms with Gasteiger partial charge in [0.15, 0.2) is 0 Å². The predicted octanol–water partition coefficient (Wildman–Crippen LogP) is 2.41. The maximum atomic E-state index is 4.66. The lowest BCUT2D eigenvalue weighted by molar-refractivity contribution is 0.622. The Morgan fingerprint density at radius 2 is 2.11 bits per heavy atom. The number of rotatable bonds is 3. The zero-order valence-corrected chi connectivity index (χ0v) is 10.9. The van der Waals surface area contributed by atoms with Crippen molar-refractivity contribution in [1.82, 2.24) is 15.3 Å². The van der Waals surface area contributed by atoms with Crippen molar-refractivity contribution in [3.8, 4) is 0 Å². The lowest BCUT2D eigenvalue weighted by Crippen LogP contribution is -2.25.